The zero-order valence-corrected chi connectivity index (χ0v) is 21.4. The summed E-state index contributed by atoms with van der Waals surface area (Å²) in [4.78, 5) is 30.6. The van der Waals surface area contributed by atoms with E-state index >= 15 is 0 Å². The normalized spacial score (nSPS) is 17.2. The fourth-order valence-corrected chi connectivity index (χ4v) is 6.02. The number of hydrogen-bond acceptors (Lipinski definition) is 7. The first kappa shape index (κ1) is 23.5. The van der Waals surface area contributed by atoms with Gasteiger partial charge in [-0.2, -0.15) is 10.2 Å². The third-order valence-electron chi connectivity index (χ3n) is 8.07. The van der Waals surface area contributed by atoms with Gasteiger partial charge in [0.2, 0.25) is 5.95 Å². The molecule has 37 heavy (non-hydrogen) atoms. The molecule has 0 spiro atoms. The van der Waals surface area contributed by atoms with Crippen LogP contribution in [0.3, 0.4) is 0 Å². The summed E-state index contributed by atoms with van der Waals surface area (Å²) in [5.74, 6) is 0.436. The first-order valence-electron chi connectivity index (χ1n) is 13.1. The van der Waals surface area contributed by atoms with Crippen molar-refractivity contribution in [2.45, 2.75) is 50.6 Å². The van der Waals surface area contributed by atoms with Crippen molar-refractivity contribution in [3.8, 4) is 6.07 Å². The Balaban J connectivity index is 1.34. The van der Waals surface area contributed by atoms with Crippen molar-refractivity contribution >= 4 is 39.3 Å². The number of nitrogens with one attached hydrogen (secondary N) is 2. The predicted octanol–water partition coefficient (Wildman–Crippen LogP) is 4.53. The number of H-pyrrole nitrogens is 1. The van der Waals surface area contributed by atoms with Crippen molar-refractivity contribution in [3.63, 3.8) is 0 Å². The second kappa shape index (κ2) is 9.52. The Kier molecular flexibility index (Phi) is 6.05. The van der Waals surface area contributed by atoms with Gasteiger partial charge in [0, 0.05) is 48.3 Å². The van der Waals surface area contributed by atoms with Crippen molar-refractivity contribution < 1.29 is 0 Å². The van der Waals surface area contributed by atoms with Gasteiger partial charge in [-0.1, -0.05) is 12.8 Å². The second-order valence-electron chi connectivity index (χ2n) is 10.5. The van der Waals surface area contributed by atoms with Gasteiger partial charge >= 0.3 is 0 Å². The molecule has 1 aromatic carbocycles. The van der Waals surface area contributed by atoms with Crippen LogP contribution < -0.4 is 15.8 Å². The highest BCUT2D eigenvalue weighted by atomic mass is 16.1. The number of hydrogen-bond donors (Lipinski definition) is 2. The fraction of sp³-hybridized carbons (Fsp3) is 0.429. The first-order valence-corrected chi connectivity index (χ1v) is 13.1. The van der Waals surface area contributed by atoms with E-state index in [1.165, 1.54) is 5.69 Å². The van der Waals surface area contributed by atoms with Crippen molar-refractivity contribution in [2.24, 2.45) is 0 Å². The maximum atomic E-state index is 13.1. The summed E-state index contributed by atoms with van der Waals surface area (Å²) < 4.78 is 1.72. The molecule has 0 bridgehead atoms. The third-order valence-corrected chi connectivity index (χ3v) is 8.07. The van der Waals surface area contributed by atoms with Gasteiger partial charge in [0.05, 0.1) is 16.9 Å². The van der Waals surface area contributed by atoms with E-state index in [2.05, 4.69) is 57.4 Å². The van der Waals surface area contributed by atoms with E-state index in [0.29, 0.717) is 23.0 Å². The van der Waals surface area contributed by atoms with Crippen molar-refractivity contribution in [1.82, 2.24) is 24.4 Å². The van der Waals surface area contributed by atoms with Crippen LogP contribution in [0.2, 0.25) is 0 Å². The summed E-state index contributed by atoms with van der Waals surface area (Å²) >= 11 is 0. The molecule has 2 fully saturated rings. The van der Waals surface area contributed by atoms with Crippen LogP contribution in [0.15, 0.2) is 41.5 Å². The lowest BCUT2D eigenvalue weighted by molar-refractivity contribution is 0.250. The topological polar surface area (TPSA) is 106 Å². The molecule has 1 aliphatic carbocycles. The number of piperidine rings is 1. The SMILES string of the molecule is CN(C)C1CCN(c2ccc(Nc3ncc4cc(C#N)c(=O)n(C5CCCC5)c4n3)c3cc[nH]c23)CC1. The summed E-state index contributed by atoms with van der Waals surface area (Å²) in [5, 5.41) is 14.7. The zero-order valence-electron chi connectivity index (χ0n) is 21.4. The fourth-order valence-electron chi connectivity index (χ4n) is 6.02. The zero-order chi connectivity index (χ0) is 25.5. The van der Waals surface area contributed by atoms with Gasteiger partial charge in [-0.05, 0) is 64.0 Å². The van der Waals surface area contributed by atoms with Gasteiger partial charge in [-0.25, -0.2) is 4.98 Å². The van der Waals surface area contributed by atoms with Gasteiger partial charge in [-0.15, -0.1) is 0 Å². The lowest BCUT2D eigenvalue weighted by atomic mass is 10.0. The summed E-state index contributed by atoms with van der Waals surface area (Å²) in [6.45, 7) is 2.06. The van der Waals surface area contributed by atoms with Gasteiger partial charge in [0.25, 0.3) is 5.56 Å². The number of nitriles is 1. The van der Waals surface area contributed by atoms with Gasteiger partial charge < -0.3 is 20.1 Å². The van der Waals surface area contributed by atoms with Crippen LogP contribution in [0, 0.1) is 11.3 Å². The Bertz CT molecular complexity index is 1550. The van der Waals surface area contributed by atoms with E-state index in [-0.39, 0.29) is 17.2 Å². The van der Waals surface area contributed by atoms with Crippen molar-refractivity contribution in [1.29, 1.82) is 5.26 Å². The summed E-state index contributed by atoms with van der Waals surface area (Å²) in [6.07, 6.45) is 9.98. The molecule has 4 aromatic rings. The van der Waals surface area contributed by atoms with E-state index in [9.17, 15) is 10.1 Å². The quantitative estimate of drug-likeness (QED) is 0.418. The third kappa shape index (κ3) is 4.21. The molecule has 4 heterocycles. The van der Waals surface area contributed by atoms with E-state index in [4.69, 9.17) is 4.98 Å². The molecule has 0 atom stereocenters. The number of benzene rings is 1. The number of aromatic nitrogens is 4. The molecule has 3 aromatic heterocycles. The molecular formula is C28H32N8O. The highest BCUT2D eigenvalue weighted by Gasteiger charge is 2.24. The molecule has 1 saturated heterocycles. The summed E-state index contributed by atoms with van der Waals surface area (Å²) in [6, 6.07) is 10.7. The smallest absolute Gasteiger partial charge is 0.270 e. The molecule has 6 rings (SSSR count). The summed E-state index contributed by atoms with van der Waals surface area (Å²) in [7, 11) is 4.32. The minimum atomic E-state index is -0.262. The van der Waals surface area contributed by atoms with Crippen LogP contribution in [-0.4, -0.2) is 57.6 Å². The van der Waals surface area contributed by atoms with E-state index in [1.807, 2.05) is 12.3 Å². The Morgan fingerprint density at radius 1 is 1.14 bits per heavy atom. The molecule has 190 valence electrons. The van der Waals surface area contributed by atoms with Crippen LogP contribution in [-0.2, 0) is 0 Å². The molecule has 9 heteroatoms. The monoisotopic (exact) mass is 496 g/mol. The van der Waals surface area contributed by atoms with Gasteiger partial charge in [0.15, 0.2) is 0 Å². The maximum absolute atomic E-state index is 13.1. The minimum absolute atomic E-state index is 0.0679. The summed E-state index contributed by atoms with van der Waals surface area (Å²) in [5.41, 5.74) is 3.67. The molecule has 1 aliphatic heterocycles. The van der Waals surface area contributed by atoms with Crippen LogP contribution in [0.5, 0.6) is 0 Å². The largest absolute Gasteiger partial charge is 0.370 e. The second-order valence-corrected chi connectivity index (χ2v) is 10.5. The molecule has 0 unspecified atom stereocenters. The molecule has 0 amide bonds. The number of fused-ring (bicyclic) bond motifs is 2. The Morgan fingerprint density at radius 3 is 2.65 bits per heavy atom. The Hall–Kier alpha value is -3.90. The lowest BCUT2D eigenvalue weighted by Crippen LogP contribution is -2.42. The van der Waals surface area contributed by atoms with Gasteiger partial charge in [-0.3, -0.25) is 9.36 Å². The average molecular weight is 497 g/mol. The Morgan fingerprint density at radius 2 is 1.92 bits per heavy atom. The molecule has 1 saturated carbocycles. The van der Waals surface area contributed by atoms with Crippen molar-refractivity contribution in [3.05, 3.63) is 52.6 Å². The van der Waals surface area contributed by atoms with E-state index < -0.39 is 0 Å². The van der Waals surface area contributed by atoms with Crippen LogP contribution in [0.1, 0.15) is 50.1 Å². The number of aromatic amines is 1. The number of nitrogens with zero attached hydrogens (tertiary/aromatic N) is 6. The van der Waals surface area contributed by atoms with Crippen LogP contribution in [0.4, 0.5) is 17.3 Å². The minimum Gasteiger partial charge on any atom is -0.370 e. The maximum Gasteiger partial charge on any atom is 0.270 e. The molecule has 9 nitrogen and oxygen atoms in total. The number of rotatable bonds is 5. The van der Waals surface area contributed by atoms with Crippen LogP contribution in [0.25, 0.3) is 21.9 Å². The average Bonchev–Trinajstić information content (AvgIpc) is 3.62. The molecule has 2 aliphatic rings. The highest BCUT2D eigenvalue weighted by Crippen LogP contribution is 2.35. The Labute approximate surface area is 215 Å². The standard InChI is InChI=1S/C28H32N8O/c1-34(2)20-10-13-35(14-11-20)24-8-7-23(22-9-12-30-25(22)24)32-28-31-17-19-15-18(16-29)27(37)36(26(19)33-28)21-5-3-4-6-21/h7-9,12,15,17,20-21,30H,3-6,10-11,13-14H2,1-2H3,(H,31,32,33). The van der Waals surface area contributed by atoms with Crippen molar-refractivity contribution in [2.75, 3.05) is 37.4 Å². The molecule has 0 radical (unpaired) electrons. The molecular weight excluding hydrogens is 464 g/mol. The van der Waals surface area contributed by atoms with Gasteiger partial charge in [0.1, 0.15) is 17.3 Å². The molecule has 2 N–H and O–H groups in total. The number of pyridine rings is 1. The highest BCUT2D eigenvalue weighted by molar-refractivity contribution is 6.01. The number of anilines is 3. The van der Waals surface area contributed by atoms with E-state index in [1.54, 1.807) is 16.8 Å². The lowest BCUT2D eigenvalue weighted by Gasteiger charge is -2.36. The van der Waals surface area contributed by atoms with E-state index in [0.717, 1.165) is 68.2 Å². The predicted molar refractivity (Wildman–Crippen MR) is 147 cm³/mol. The first-order chi connectivity index (χ1) is 18.0. The van der Waals surface area contributed by atoms with Crippen LogP contribution >= 0.6 is 0 Å².